The first-order valence-corrected chi connectivity index (χ1v) is 7.29. The predicted molar refractivity (Wildman–Crippen MR) is 85.7 cm³/mol. The zero-order valence-corrected chi connectivity index (χ0v) is 13.2. The number of hydrogen-bond donors (Lipinski definition) is 2. The molecule has 3 rings (SSSR count). The second kappa shape index (κ2) is 6.41. The van der Waals surface area contributed by atoms with E-state index in [1.165, 1.54) is 17.0 Å². The molecule has 3 aromatic heterocycles. The summed E-state index contributed by atoms with van der Waals surface area (Å²) >= 11 is 0. The lowest BCUT2D eigenvalue weighted by atomic mass is 10.3. The maximum absolute atomic E-state index is 12.2. The van der Waals surface area contributed by atoms with E-state index in [4.69, 9.17) is 4.42 Å². The van der Waals surface area contributed by atoms with Crippen LogP contribution in [0.2, 0.25) is 0 Å². The van der Waals surface area contributed by atoms with Gasteiger partial charge in [0.05, 0.1) is 18.1 Å². The van der Waals surface area contributed by atoms with Crippen molar-refractivity contribution >= 4 is 23.3 Å². The Labute approximate surface area is 137 Å². The lowest BCUT2D eigenvalue weighted by molar-refractivity contribution is 0.0993. The molecule has 3 heterocycles. The third-order valence-corrected chi connectivity index (χ3v) is 3.31. The molecular formula is C15H16N6O3. The van der Waals surface area contributed by atoms with Crippen LogP contribution in [0.5, 0.6) is 0 Å². The Bertz CT molecular complexity index is 862. The van der Waals surface area contributed by atoms with E-state index >= 15 is 0 Å². The third kappa shape index (κ3) is 3.19. The minimum Gasteiger partial charge on any atom is -0.459 e. The first kappa shape index (κ1) is 15.5. The van der Waals surface area contributed by atoms with Crippen molar-refractivity contribution in [2.45, 2.75) is 13.5 Å². The molecule has 124 valence electrons. The maximum atomic E-state index is 12.2. The highest BCUT2D eigenvalue weighted by atomic mass is 16.3. The van der Waals surface area contributed by atoms with Gasteiger partial charge in [-0.15, -0.1) is 0 Å². The van der Waals surface area contributed by atoms with Gasteiger partial charge in [0.25, 0.3) is 11.8 Å². The van der Waals surface area contributed by atoms with Gasteiger partial charge in [-0.2, -0.15) is 10.2 Å². The number of rotatable bonds is 5. The molecule has 0 aromatic carbocycles. The summed E-state index contributed by atoms with van der Waals surface area (Å²) in [4.78, 5) is 24.2. The highest BCUT2D eigenvalue weighted by Gasteiger charge is 2.16. The lowest BCUT2D eigenvalue weighted by Crippen LogP contribution is -2.13. The molecule has 24 heavy (non-hydrogen) atoms. The molecule has 9 heteroatoms. The minimum absolute atomic E-state index is 0.175. The number of aryl methyl sites for hydroxylation is 2. The molecule has 0 aliphatic rings. The molecule has 0 saturated heterocycles. The fourth-order valence-electron chi connectivity index (χ4n) is 2.08. The topological polar surface area (TPSA) is 107 Å². The van der Waals surface area contributed by atoms with Crippen LogP contribution >= 0.6 is 0 Å². The predicted octanol–water partition coefficient (Wildman–Crippen LogP) is 1.73. The van der Waals surface area contributed by atoms with Gasteiger partial charge in [-0.05, 0) is 19.1 Å². The van der Waals surface area contributed by atoms with Crippen LogP contribution in [-0.4, -0.2) is 31.4 Å². The number of carbonyl (C=O) groups excluding carboxylic acids is 2. The summed E-state index contributed by atoms with van der Waals surface area (Å²) in [6.07, 6.45) is 4.69. The van der Waals surface area contributed by atoms with Crippen LogP contribution in [0.15, 0.2) is 41.3 Å². The molecule has 0 aliphatic heterocycles. The second-order valence-corrected chi connectivity index (χ2v) is 5.01. The van der Waals surface area contributed by atoms with Gasteiger partial charge in [-0.1, -0.05) is 0 Å². The number of furan rings is 1. The summed E-state index contributed by atoms with van der Waals surface area (Å²) < 4.78 is 8.13. The van der Waals surface area contributed by atoms with Crippen molar-refractivity contribution in [2.24, 2.45) is 7.05 Å². The number of hydrogen-bond acceptors (Lipinski definition) is 5. The molecule has 2 amide bonds. The molecule has 0 unspecified atom stereocenters. The van der Waals surface area contributed by atoms with E-state index in [1.54, 1.807) is 36.3 Å². The molecule has 0 saturated carbocycles. The summed E-state index contributed by atoms with van der Waals surface area (Å²) in [5.41, 5.74) is 0.755. The fourth-order valence-corrected chi connectivity index (χ4v) is 2.08. The summed E-state index contributed by atoms with van der Waals surface area (Å²) in [5.74, 6) is -0.251. The number of carbonyl (C=O) groups is 2. The molecule has 0 atom stereocenters. The van der Waals surface area contributed by atoms with Gasteiger partial charge < -0.3 is 15.1 Å². The van der Waals surface area contributed by atoms with Crippen molar-refractivity contribution in [3.8, 4) is 0 Å². The maximum Gasteiger partial charge on any atom is 0.292 e. The SMILES string of the molecule is CCn1cc(NC(=O)c2cc(NC(=O)c3ccco3)n(C)n2)cn1. The zero-order valence-electron chi connectivity index (χ0n) is 13.2. The Balaban J connectivity index is 1.70. The number of aromatic nitrogens is 4. The van der Waals surface area contributed by atoms with Gasteiger partial charge in [0.2, 0.25) is 0 Å². The number of nitrogens with zero attached hydrogens (tertiary/aromatic N) is 4. The van der Waals surface area contributed by atoms with Gasteiger partial charge >= 0.3 is 0 Å². The average Bonchev–Trinajstić information content (AvgIpc) is 3.29. The highest BCUT2D eigenvalue weighted by molar-refractivity contribution is 6.05. The molecule has 0 bridgehead atoms. The zero-order chi connectivity index (χ0) is 17.1. The summed E-state index contributed by atoms with van der Waals surface area (Å²) in [6, 6.07) is 4.65. The van der Waals surface area contributed by atoms with E-state index in [0.717, 1.165) is 0 Å². The largest absolute Gasteiger partial charge is 0.459 e. The molecule has 0 radical (unpaired) electrons. The van der Waals surface area contributed by atoms with Crippen molar-refractivity contribution in [1.29, 1.82) is 0 Å². The van der Waals surface area contributed by atoms with Crippen molar-refractivity contribution in [1.82, 2.24) is 19.6 Å². The number of amides is 2. The fraction of sp³-hybridized carbons (Fsp3) is 0.200. The van der Waals surface area contributed by atoms with Crippen molar-refractivity contribution in [3.05, 3.63) is 48.3 Å². The average molecular weight is 328 g/mol. The van der Waals surface area contributed by atoms with E-state index in [2.05, 4.69) is 20.8 Å². The molecule has 3 aromatic rings. The summed E-state index contributed by atoms with van der Waals surface area (Å²) in [6.45, 7) is 2.66. The third-order valence-electron chi connectivity index (χ3n) is 3.31. The van der Waals surface area contributed by atoms with Crippen LogP contribution in [0.3, 0.4) is 0 Å². The molecule has 9 nitrogen and oxygen atoms in total. The molecule has 0 spiro atoms. The highest BCUT2D eigenvalue weighted by Crippen LogP contribution is 2.13. The van der Waals surface area contributed by atoms with Crippen molar-refractivity contribution in [2.75, 3.05) is 10.6 Å². The van der Waals surface area contributed by atoms with Crippen LogP contribution < -0.4 is 10.6 Å². The molecule has 0 fully saturated rings. The monoisotopic (exact) mass is 328 g/mol. The Kier molecular flexibility index (Phi) is 4.15. The summed E-state index contributed by atoms with van der Waals surface area (Å²) in [5, 5.41) is 13.5. The van der Waals surface area contributed by atoms with E-state index in [1.807, 2.05) is 6.92 Å². The Hall–Kier alpha value is -3.36. The first-order valence-electron chi connectivity index (χ1n) is 7.29. The van der Waals surface area contributed by atoms with Crippen LogP contribution in [0.4, 0.5) is 11.5 Å². The van der Waals surface area contributed by atoms with Crippen LogP contribution in [0.25, 0.3) is 0 Å². The van der Waals surface area contributed by atoms with E-state index in [9.17, 15) is 9.59 Å². The van der Waals surface area contributed by atoms with Crippen molar-refractivity contribution < 1.29 is 14.0 Å². The Morgan fingerprint density at radius 3 is 2.79 bits per heavy atom. The van der Waals surface area contributed by atoms with Crippen LogP contribution in [0.1, 0.15) is 28.0 Å². The van der Waals surface area contributed by atoms with Crippen molar-refractivity contribution in [3.63, 3.8) is 0 Å². The molecule has 0 aliphatic carbocycles. The quantitative estimate of drug-likeness (QED) is 0.742. The van der Waals surface area contributed by atoms with Gasteiger partial charge in [0.1, 0.15) is 5.82 Å². The van der Waals surface area contributed by atoms with Gasteiger partial charge in [-0.3, -0.25) is 19.0 Å². The minimum atomic E-state index is -0.417. The lowest BCUT2D eigenvalue weighted by Gasteiger charge is -2.01. The molecular weight excluding hydrogens is 312 g/mol. The van der Waals surface area contributed by atoms with Crippen LogP contribution in [0, 0.1) is 0 Å². The van der Waals surface area contributed by atoms with E-state index in [-0.39, 0.29) is 17.4 Å². The summed E-state index contributed by atoms with van der Waals surface area (Å²) in [7, 11) is 1.63. The second-order valence-electron chi connectivity index (χ2n) is 5.01. The van der Waals surface area contributed by atoms with E-state index < -0.39 is 5.91 Å². The standard InChI is InChI=1S/C15H16N6O3/c1-3-21-9-10(8-16-21)17-14(22)11-7-13(20(2)19-11)18-15(23)12-5-4-6-24-12/h4-9H,3H2,1-2H3,(H,17,22)(H,18,23). The normalized spacial score (nSPS) is 10.6. The van der Waals surface area contributed by atoms with Gasteiger partial charge in [-0.25, -0.2) is 0 Å². The number of nitrogens with one attached hydrogen (secondary N) is 2. The number of anilines is 2. The Morgan fingerprint density at radius 2 is 2.12 bits per heavy atom. The molecule has 2 N–H and O–H groups in total. The van der Waals surface area contributed by atoms with Gasteiger partial charge in [0.15, 0.2) is 11.5 Å². The first-order chi connectivity index (χ1) is 11.6. The Morgan fingerprint density at radius 1 is 1.29 bits per heavy atom. The van der Waals surface area contributed by atoms with Gasteiger partial charge in [0, 0.05) is 25.9 Å². The van der Waals surface area contributed by atoms with E-state index in [0.29, 0.717) is 18.1 Å². The smallest absolute Gasteiger partial charge is 0.292 e. The van der Waals surface area contributed by atoms with Crippen LogP contribution in [-0.2, 0) is 13.6 Å².